The van der Waals surface area contributed by atoms with Crippen molar-refractivity contribution in [3.05, 3.63) is 48.0 Å². The molecule has 0 amide bonds. The van der Waals surface area contributed by atoms with E-state index in [1.165, 1.54) is 32.9 Å². The molecule has 1 saturated heterocycles. The predicted molar refractivity (Wildman–Crippen MR) is 124 cm³/mol. The first-order valence-electron chi connectivity index (χ1n) is 11.3. The zero-order valence-electron chi connectivity index (χ0n) is 18.9. The third-order valence-electron chi connectivity index (χ3n) is 6.13. The number of ether oxygens (including phenoxy) is 2. The summed E-state index contributed by atoms with van der Waals surface area (Å²) in [6.45, 7) is 5.80. The van der Waals surface area contributed by atoms with E-state index in [0.717, 1.165) is 18.4 Å². The van der Waals surface area contributed by atoms with Crippen LogP contribution in [0.3, 0.4) is 0 Å². The van der Waals surface area contributed by atoms with Gasteiger partial charge >= 0.3 is 0 Å². The zero-order valence-corrected chi connectivity index (χ0v) is 20.6. The van der Waals surface area contributed by atoms with Gasteiger partial charge in [0.05, 0.1) is 29.0 Å². The molecule has 1 atom stereocenters. The maximum absolute atomic E-state index is 13.5. The van der Waals surface area contributed by atoms with E-state index in [2.05, 4.69) is 0 Å². The van der Waals surface area contributed by atoms with Crippen LogP contribution in [-0.4, -0.2) is 58.3 Å². The van der Waals surface area contributed by atoms with Crippen LogP contribution in [-0.2, 0) is 20.0 Å². The van der Waals surface area contributed by atoms with Crippen molar-refractivity contribution in [3.8, 4) is 11.5 Å². The molecule has 0 bridgehead atoms. The molecule has 33 heavy (non-hydrogen) atoms. The van der Waals surface area contributed by atoms with Crippen molar-refractivity contribution >= 4 is 20.0 Å². The van der Waals surface area contributed by atoms with Gasteiger partial charge in [-0.05, 0) is 54.8 Å². The molecule has 0 aromatic heterocycles. The number of sulfonamides is 2. The molecule has 180 valence electrons. The van der Waals surface area contributed by atoms with Crippen LogP contribution in [0.2, 0.25) is 0 Å². The van der Waals surface area contributed by atoms with E-state index in [0.29, 0.717) is 50.8 Å². The van der Waals surface area contributed by atoms with Gasteiger partial charge in [0.2, 0.25) is 20.0 Å². The Labute approximate surface area is 196 Å². The van der Waals surface area contributed by atoms with Crippen LogP contribution >= 0.6 is 0 Å². The molecule has 10 heteroatoms. The lowest BCUT2D eigenvalue weighted by Gasteiger charge is -2.25. The number of fused-ring (bicyclic) bond motifs is 1. The lowest BCUT2D eigenvalue weighted by Crippen LogP contribution is -2.31. The largest absolute Gasteiger partial charge is 0.490 e. The summed E-state index contributed by atoms with van der Waals surface area (Å²) in [5.74, 6) is 1.31. The van der Waals surface area contributed by atoms with Gasteiger partial charge < -0.3 is 9.47 Å². The van der Waals surface area contributed by atoms with Gasteiger partial charge in [-0.15, -0.1) is 0 Å². The van der Waals surface area contributed by atoms with Crippen molar-refractivity contribution in [2.45, 2.75) is 48.9 Å². The minimum Gasteiger partial charge on any atom is -0.490 e. The Morgan fingerprint density at radius 1 is 0.879 bits per heavy atom. The first-order chi connectivity index (χ1) is 15.8. The maximum atomic E-state index is 13.5. The van der Waals surface area contributed by atoms with Gasteiger partial charge in [0.25, 0.3) is 0 Å². The number of rotatable bonds is 7. The average molecular weight is 495 g/mol. The summed E-state index contributed by atoms with van der Waals surface area (Å²) < 4.78 is 66.7. The second-order valence-electron chi connectivity index (χ2n) is 8.09. The van der Waals surface area contributed by atoms with Gasteiger partial charge in [-0.3, -0.25) is 0 Å². The number of hydrogen-bond acceptors (Lipinski definition) is 6. The average Bonchev–Trinajstić information content (AvgIpc) is 3.20. The number of benzene rings is 2. The molecule has 1 unspecified atom stereocenters. The fourth-order valence-corrected chi connectivity index (χ4v) is 7.52. The third-order valence-corrected chi connectivity index (χ3v) is 10.1. The summed E-state index contributed by atoms with van der Waals surface area (Å²) in [4.78, 5) is 0.174. The topological polar surface area (TPSA) is 93.2 Å². The van der Waals surface area contributed by atoms with E-state index < -0.39 is 20.0 Å². The Morgan fingerprint density at radius 3 is 2.18 bits per heavy atom. The predicted octanol–water partition coefficient (Wildman–Crippen LogP) is 3.40. The van der Waals surface area contributed by atoms with Gasteiger partial charge in [-0.1, -0.05) is 19.9 Å². The van der Waals surface area contributed by atoms with Crippen LogP contribution in [0.5, 0.6) is 11.5 Å². The summed E-state index contributed by atoms with van der Waals surface area (Å²) in [6, 6.07) is 10.8. The van der Waals surface area contributed by atoms with Crippen LogP contribution in [0.15, 0.2) is 52.3 Å². The summed E-state index contributed by atoms with van der Waals surface area (Å²) in [7, 11) is -7.45. The van der Waals surface area contributed by atoms with Crippen molar-refractivity contribution in [3.63, 3.8) is 0 Å². The normalized spacial score (nSPS) is 19.5. The van der Waals surface area contributed by atoms with Crippen LogP contribution in [0, 0.1) is 0 Å². The SMILES string of the molecule is CCN(CC)S(=O)(=O)c1ccc(S(=O)(=O)N2CCCC2c2ccc3c(c2)OCCCO3)cc1. The lowest BCUT2D eigenvalue weighted by atomic mass is 10.0. The van der Waals surface area contributed by atoms with Crippen molar-refractivity contribution in [2.75, 3.05) is 32.8 Å². The summed E-state index contributed by atoms with van der Waals surface area (Å²) >= 11 is 0. The molecule has 8 nitrogen and oxygen atoms in total. The van der Waals surface area contributed by atoms with E-state index in [1.54, 1.807) is 13.8 Å². The first-order valence-corrected chi connectivity index (χ1v) is 14.2. The Hall–Kier alpha value is -2.14. The molecular formula is C23H30N2O6S2. The van der Waals surface area contributed by atoms with Gasteiger partial charge in [0.15, 0.2) is 11.5 Å². The summed E-state index contributed by atoms with van der Waals surface area (Å²) in [5, 5.41) is 0. The minimum absolute atomic E-state index is 0.0854. The van der Waals surface area contributed by atoms with E-state index in [-0.39, 0.29) is 15.8 Å². The van der Waals surface area contributed by atoms with Crippen LogP contribution in [0.4, 0.5) is 0 Å². The van der Waals surface area contributed by atoms with E-state index in [4.69, 9.17) is 9.47 Å². The lowest BCUT2D eigenvalue weighted by molar-refractivity contribution is 0.296. The van der Waals surface area contributed by atoms with E-state index in [9.17, 15) is 16.8 Å². The molecule has 0 saturated carbocycles. The molecule has 0 spiro atoms. The Morgan fingerprint density at radius 2 is 1.52 bits per heavy atom. The van der Waals surface area contributed by atoms with E-state index in [1.807, 2.05) is 18.2 Å². The molecule has 0 aliphatic carbocycles. The second kappa shape index (κ2) is 9.61. The quantitative estimate of drug-likeness (QED) is 0.586. The highest BCUT2D eigenvalue weighted by Gasteiger charge is 2.37. The maximum Gasteiger partial charge on any atom is 0.243 e. The monoisotopic (exact) mass is 494 g/mol. The van der Waals surface area contributed by atoms with Gasteiger partial charge in [0, 0.05) is 26.1 Å². The van der Waals surface area contributed by atoms with Crippen molar-refractivity contribution in [2.24, 2.45) is 0 Å². The zero-order chi connectivity index (χ0) is 23.6. The number of hydrogen-bond donors (Lipinski definition) is 0. The van der Waals surface area contributed by atoms with Crippen LogP contribution in [0.25, 0.3) is 0 Å². The highest BCUT2D eigenvalue weighted by Crippen LogP contribution is 2.40. The molecular weight excluding hydrogens is 464 g/mol. The van der Waals surface area contributed by atoms with Crippen molar-refractivity contribution in [1.29, 1.82) is 0 Å². The Kier molecular flexibility index (Phi) is 6.99. The highest BCUT2D eigenvalue weighted by molar-refractivity contribution is 7.89. The Bertz CT molecular complexity index is 1190. The van der Waals surface area contributed by atoms with Gasteiger partial charge in [-0.2, -0.15) is 8.61 Å². The molecule has 2 heterocycles. The first kappa shape index (κ1) is 24.0. The van der Waals surface area contributed by atoms with E-state index >= 15 is 0 Å². The van der Waals surface area contributed by atoms with Crippen molar-refractivity contribution < 1.29 is 26.3 Å². The number of nitrogens with zero attached hydrogens (tertiary/aromatic N) is 2. The molecule has 4 rings (SSSR count). The van der Waals surface area contributed by atoms with Crippen molar-refractivity contribution in [1.82, 2.24) is 8.61 Å². The second-order valence-corrected chi connectivity index (χ2v) is 11.9. The van der Waals surface area contributed by atoms with Crippen LogP contribution in [0.1, 0.15) is 44.7 Å². The molecule has 0 N–H and O–H groups in total. The summed E-state index contributed by atoms with van der Waals surface area (Å²) in [6.07, 6.45) is 2.24. The molecule has 2 aromatic carbocycles. The molecule has 2 aliphatic heterocycles. The minimum atomic E-state index is -3.81. The summed E-state index contributed by atoms with van der Waals surface area (Å²) in [5.41, 5.74) is 0.862. The fraction of sp³-hybridized carbons (Fsp3) is 0.478. The Balaban J connectivity index is 1.61. The molecule has 1 fully saturated rings. The van der Waals surface area contributed by atoms with Gasteiger partial charge in [0.1, 0.15) is 0 Å². The molecule has 2 aromatic rings. The third kappa shape index (κ3) is 4.62. The van der Waals surface area contributed by atoms with Crippen LogP contribution < -0.4 is 9.47 Å². The standard InChI is InChI=1S/C23H30N2O6S2/c1-3-24(4-2)32(26,27)19-9-11-20(12-10-19)33(28,29)25-14-5-7-21(25)18-8-13-22-23(17-18)31-16-6-15-30-22/h8-13,17,21H,3-7,14-16H2,1-2H3. The molecule has 0 radical (unpaired) electrons. The molecule has 2 aliphatic rings. The fourth-order valence-electron chi connectivity index (χ4n) is 4.38. The smallest absolute Gasteiger partial charge is 0.243 e. The highest BCUT2D eigenvalue weighted by atomic mass is 32.2. The van der Waals surface area contributed by atoms with Gasteiger partial charge in [-0.25, -0.2) is 16.8 Å².